The van der Waals surface area contributed by atoms with Crippen LogP contribution < -0.4 is 0 Å². The standard InChI is InChI=1S/C11H15ClO/c1-11(2,3)10(13)8-4-6-9(12)7-5-8/h4-7,10,13H,1-3H3/t10-/m0/s1. The van der Waals surface area contributed by atoms with Crippen LogP contribution >= 0.6 is 11.6 Å². The van der Waals surface area contributed by atoms with Gasteiger partial charge in [0.25, 0.3) is 0 Å². The summed E-state index contributed by atoms with van der Waals surface area (Å²) >= 11 is 5.75. The van der Waals surface area contributed by atoms with Gasteiger partial charge in [-0.05, 0) is 23.1 Å². The number of halogens is 1. The maximum absolute atomic E-state index is 9.90. The fourth-order valence-electron chi connectivity index (χ4n) is 1.15. The van der Waals surface area contributed by atoms with Crippen LogP contribution in [0.5, 0.6) is 0 Å². The van der Waals surface area contributed by atoms with E-state index in [0.29, 0.717) is 5.02 Å². The van der Waals surface area contributed by atoms with E-state index >= 15 is 0 Å². The van der Waals surface area contributed by atoms with E-state index in [9.17, 15) is 5.11 Å². The summed E-state index contributed by atoms with van der Waals surface area (Å²) in [6.07, 6.45) is -0.440. The van der Waals surface area contributed by atoms with Gasteiger partial charge in [0.05, 0.1) is 6.10 Å². The smallest absolute Gasteiger partial charge is 0.0838 e. The van der Waals surface area contributed by atoms with Crippen LogP contribution in [0, 0.1) is 5.41 Å². The van der Waals surface area contributed by atoms with Crippen LogP contribution in [0.4, 0.5) is 0 Å². The summed E-state index contributed by atoms with van der Waals surface area (Å²) in [5, 5.41) is 10.6. The molecule has 0 aliphatic heterocycles. The van der Waals surface area contributed by atoms with Gasteiger partial charge in [-0.15, -0.1) is 0 Å². The Bertz CT molecular complexity index is 271. The van der Waals surface area contributed by atoms with Gasteiger partial charge in [-0.1, -0.05) is 44.5 Å². The molecule has 1 N–H and O–H groups in total. The van der Waals surface area contributed by atoms with E-state index in [-0.39, 0.29) is 5.41 Å². The van der Waals surface area contributed by atoms with E-state index in [2.05, 4.69) is 0 Å². The molecule has 0 saturated heterocycles. The number of hydrogen-bond acceptors (Lipinski definition) is 1. The third kappa shape index (κ3) is 2.71. The van der Waals surface area contributed by atoms with Crippen molar-refractivity contribution < 1.29 is 5.11 Å². The van der Waals surface area contributed by atoms with Gasteiger partial charge in [0.2, 0.25) is 0 Å². The third-order valence-corrected chi connectivity index (χ3v) is 2.26. The fourth-order valence-corrected chi connectivity index (χ4v) is 1.27. The predicted octanol–water partition coefficient (Wildman–Crippen LogP) is 3.42. The van der Waals surface area contributed by atoms with Gasteiger partial charge in [-0.2, -0.15) is 0 Å². The average molecular weight is 199 g/mol. The molecular weight excluding hydrogens is 184 g/mol. The normalized spacial score (nSPS) is 14.2. The van der Waals surface area contributed by atoms with Gasteiger partial charge in [-0.25, -0.2) is 0 Å². The average Bonchev–Trinajstić information content (AvgIpc) is 2.03. The summed E-state index contributed by atoms with van der Waals surface area (Å²) in [5.41, 5.74) is 0.783. The summed E-state index contributed by atoms with van der Waals surface area (Å²) in [6, 6.07) is 7.31. The highest BCUT2D eigenvalue weighted by molar-refractivity contribution is 6.30. The number of aliphatic hydroxyl groups excluding tert-OH is 1. The summed E-state index contributed by atoms with van der Waals surface area (Å²) in [7, 11) is 0. The first-order valence-corrected chi connectivity index (χ1v) is 4.72. The van der Waals surface area contributed by atoms with Crippen LogP contribution in [0.1, 0.15) is 32.4 Å². The van der Waals surface area contributed by atoms with Crippen molar-refractivity contribution in [3.8, 4) is 0 Å². The molecule has 1 aromatic rings. The van der Waals surface area contributed by atoms with E-state index in [1.165, 1.54) is 0 Å². The van der Waals surface area contributed by atoms with Gasteiger partial charge in [-0.3, -0.25) is 0 Å². The molecule has 1 rings (SSSR count). The Hall–Kier alpha value is -0.530. The van der Waals surface area contributed by atoms with Crippen molar-refractivity contribution in [2.24, 2.45) is 5.41 Å². The first kappa shape index (κ1) is 10.6. The lowest BCUT2D eigenvalue weighted by molar-refractivity contribution is 0.0627. The minimum atomic E-state index is -0.440. The highest BCUT2D eigenvalue weighted by Crippen LogP contribution is 2.32. The molecule has 1 atom stereocenters. The minimum Gasteiger partial charge on any atom is -0.388 e. The quantitative estimate of drug-likeness (QED) is 0.733. The molecule has 0 heterocycles. The Morgan fingerprint density at radius 1 is 1.15 bits per heavy atom. The first-order chi connectivity index (χ1) is 5.91. The molecule has 0 bridgehead atoms. The molecule has 0 unspecified atom stereocenters. The van der Waals surface area contributed by atoms with Gasteiger partial charge in [0.1, 0.15) is 0 Å². The second-order valence-electron chi connectivity index (χ2n) is 4.32. The van der Waals surface area contributed by atoms with E-state index in [4.69, 9.17) is 11.6 Å². The second kappa shape index (κ2) is 3.69. The van der Waals surface area contributed by atoms with Crippen molar-refractivity contribution in [1.29, 1.82) is 0 Å². The Morgan fingerprint density at radius 3 is 2.00 bits per heavy atom. The maximum Gasteiger partial charge on any atom is 0.0838 e. The Balaban J connectivity index is 2.90. The first-order valence-electron chi connectivity index (χ1n) is 4.35. The highest BCUT2D eigenvalue weighted by atomic mass is 35.5. The zero-order valence-corrected chi connectivity index (χ0v) is 8.97. The van der Waals surface area contributed by atoms with E-state index in [1.54, 1.807) is 12.1 Å². The summed E-state index contributed by atoms with van der Waals surface area (Å²) in [6.45, 7) is 6.02. The SMILES string of the molecule is CC(C)(C)[C@@H](O)c1ccc(Cl)cc1. The second-order valence-corrected chi connectivity index (χ2v) is 4.76. The summed E-state index contributed by atoms with van der Waals surface area (Å²) in [5.74, 6) is 0. The lowest BCUT2D eigenvalue weighted by Crippen LogP contribution is -2.17. The summed E-state index contributed by atoms with van der Waals surface area (Å²) in [4.78, 5) is 0. The fraction of sp³-hybridized carbons (Fsp3) is 0.455. The number of aliphatic hydroxyl groups is 1. The zero-order chi connectivity index (χ0) is 10.1. The van der Waals surface area contributed by atoms with Crippen molar-refractivity contribution in [2.75, 3.05) is 0 Å². The monoisotopic (exact) mass is 198 g/mol. The topological polar surface area (TPSA) is 20.2 Å². The lowest BCUT2D eigenvalue weighted by atomic mass is 9.85. The van der Waals surface area contributed by atoms with Crippen molar-refractivity contribution in [3.63, 3.8) is 0 Å². The Morgan fingerprint density at radius 2 is 1.62 bits per heavy atom. The lowest BCUT2D eigenvalue weighted by Gasteiger charge is -2.26. The van der Waals surface area contributed by atoms with Crippen LogP contribution in [0.2, 0.25) is 5.02 Å². The van der Waals surface area contributed by atoms with Crippen LogP contribution in [-0.2, 0) is 0 Å². The molecule has 0 aromatic heterocycles. The van der Waals surface area contributed by atoms with Crippen LogP contribution in [0.15, 0.2) is 24.3 Å². The molecule has 0 saturated carbocycles. The summed E-state index contributed by atoms with van der Waals surface area (Å²) < 4.78 is 0. The molecule has 1 aromatic carbocycles. The zero-order valence-electron chi connectivity index (χ0n) is 8.21. The molecule has 0 aliphatic rings. The van der Waals surface area contributed by atoms with E-state index in [0.717, 1.165) is 5.56 Å². The van der Waals surface area contributed by atoms with Gasteiger partial charge in [0.15, 0.2) is 0 Å². The van der Waals surface area contributed by atoms with Crippen molar-refractivity contribution >= 4 is 11.6 Å². The molecule has 72 valence electrons. The molecular formula is C11H15ClO. The Kier molecular flexibility index (Phi) is 2.99. The van der Waals surface area contributed by atoms with Crippen LogP contribution in [-0.4, -0.2) is 5.11 Å². The van der Waals surface area contributed by atoms with Crippen molar-refractivity contribution in [1.82, 2.24) is 0 Å². The van der Waals surface area contributed by atoms with Crippen LogP contribution in [0.3, 0.4) is 0 Å². The predicted molar refractivity (Wildman–Crippen MR) is 55.9 cm³/mol. The molecule has 0 spiro atoms. The molecule has 0 radical (unpaired) electrons. The van der Waals surface area contributed by atoms with Crippen molar-refractivity contribution in [2.45, 2.75) is 26.9 Å². The molecule has 13 heavy (non-hydrogen) atoms. The third-order valence-electron chi connectivity index (χ3n) is 2.01. The van der Waals surface area contributed by atoms with Gasteiger partial charge in [0, 0.05) is 5.02 Å². The number of rotatable bonds is 1. The Labute approximate surface area is 84.4 Å². The highest BCUT2D eigenvalue weighted by Gasteiger charge is 2.23. The van der Waals surface area contributed by atoms with Gasteiger partial charge >= 0.3 is 0 Å². The molecule has 1 nitrogen and oxygen atoms in total. The molecule has 0 aliphatic carbocycles. The number of hydrogen-bond donors (Lipinski definition) is 1. The minimum absolute atomic E-state index is 0.131. The van der Waals surface area contributed by atoms with E-state index in [1.807, 2.05) is 32.9 Å². The molecule has 2 heteroatoms. The van der Waals surface area contributed by atoms with Gasteiger partial charge < -0.3 is 5.11 Å². The molecule has 0 amide bonds. The number of benzene rings is 1. The maximum atomic E-state index is 9.90. The van der Waals surface area contributed by atoms with Crippen LogP contribution in [0.25, 0.3) is 0 Å². The van der Waals surface area contributed by atoms with E-state index < -0.39 is 6.10 Å². The largest absolute Gasteiger partial charge is 0.388 e. The molecule has 0 fully saturated rings. The van der Waals surface area contributed by atoms with Crippen molar-refractivity contribution in [3.05, 3.63) is 34.9 Å².